The third kappa shape index (κ3) is 5.03. The van der Waals surface area contributed by atoms with Crippen LogP contribution in [0.1, 0.15) is 28.8 Å². The van der Waals surface area contributed by atoms with Crippen molar-refractivity contribution in [2.45, 2.75) is 19.4 Å². The van der Waals surface area contributed by atoms with Crippen molar-refractivity contribution in [3.63, 3.8) is 0 Å². The van der Waals surface area contributed by atoms with E-state index in [0.717, 1.165) is 57.1 Å². The molecule has 170 valence electrons. The Labute approximate surface area is 204 Å². The molecule has 0 aromatic heterocycles. The quantitative estimate of drug-likeness (QED) is 0.416. The first-order chi connectivity index (χ1) is 16.0. The lowest BCUT2D eigenvalue weighted by Crippen LogP contribution is -2.61. The van der Waals surface area contributed by atoms with Gasteiger partial charge in [-0.15, -0.1) is 0 Å². The highest BCUT2D eigenvalue weighted by atomic mass is 35.5. The van der Waals surface area contributed by atoms with Crippen molar-refractivity contribution < 1.29 is 9.53 Å². The molecule has 1 amide bonds. The van der Waals surface area contributed by atoms with Crippen LogP contribution in [0.2, 0.25) is 10.0 Å². The molecule has 4 nitrogen and oxygen atoms in total. The summed E-state index contributed by atoms with van der Waals surface area (Å²) in [6.07, 6.45) is 2.21. The van der Waals surface area contributed by atoms with E-state index in [1.165, 1.54) is 5.56 Å². The molecule has 3 aromatic carbocycles. The van der Waals surface area contributed by atoms with E-state index in [0.29, 0.717) is 15.6 Å². The van der Waals surface area contributed by atoms with Crippen molar-refractivity contribution >= 4 is 29.1 Å². The highest BCUT2D eigenvalue weighted by molar-refractivity contribution is 6.31. The monoisotopic (exact) mass is 480 g/mol. The number of piperidine rings is 1. The fourth-order valence-corrected chi connectivity index (χ4v) is 5.12. The number of para-hydroxylation sites is 1. The SMILES string of the molecule is O=C(c1ccc(Cl)cc1)N1CC2(CCN(Cc3ccccc3Oc3cccc(Cl)c3)CC2)C1. The minimum Gasteiger partial charge on any atom is -0.457 e. The predicted octanol–water partition coefficient (Wildman–Crippen LogP) is 6.52. The number of carbonyl (C=O) groups excluding carboxylic acids is 1. The molecule has 0 atom stereocenters. The van der Waals surface area contributed by atoms with E-state index in [-0.39, 0.29) is 11.3 Å². The van der Waals surface area contributed by atoms with Crippen LogP contribution in [0.5, 0.6) is 11.5 Å². The second kappa shape index (κ2) is 9.38. The van der Waals surface area contributed by atoms with Crippen LogP contribution in [0.4, 0.5) is 0 Å². The summed E-state index contributed by atoms with van der Waals surface area (Å²) < 4.78 is 6.13. The zero-order valence-electron chi connectivity index (χ0n) is 18.3. The van der Waals surface area contributed by atoms with E-state index in [9.17, 15) is 4.79 Å². The number of hydrogen-bond acceptors (Lipinski definition) is 3. The second-order valence-corrected chi connectivity index (χ2v) is 9.98. The Kier molecular flexibility index (Phi) is 6.33. The molecule has 2 aliphatic rings. The third-order valence-corrected chi connectivity index (χ3v) is 7.23. The first-order valence-electron chi connectivity index (χ1n) is 11.3. The minimum atomic E-state index is 0.104. The topological polar surface area (TPSA) is 32.8 Å². The van der Waals surface area contributed by atoms with Gasteiger partial charge >= 0.3 is 0 Å². The molecule has 0 N–H and O–H groups in total. The smallest absolute Gasteiger partial charge is 0.253 e. The van der Waals surface area contributed by atoms with Gasteiger partial charge in [-0.25, -0.2) is 0 Å². The number of likely N-dealkylation sites (tertiary alicyclic amines) is 2. The van der Waals surface area contributed by atoms with Crippen LogP contribution in [-0.2, 0) is 6.54 Å². The molecule has 2 saturated heterocycles. The Balaban J connectivity index is 1.16. The van der Waals surface area contributed by atoms with Gasteiger partial charge in [0.05, 0.1) is 0 Å². The van der Waals surface area contributed by atoms with Gasteiger partial charge in [-0.05, 0) is 74.5 Å². The molecule has 2 aliphatic heterocycles. The van der Waals surface area contributed by atoms with E-state index < -0.39 is 0 Å². The zero-order chi connectivity index (χ0) is 22.8. The second-order valence-electron chi connectivity index (χ2n) is 9.11. The van der Waals surface area contributed by atoms with Gasteiger partial charge in [0.1, 0.15) is 11.5 Å². The molecule has 0 radical (unpaired) electrons. The molecular formula is C27H26Cl2N2O2. The molecule has 3 aromatic rings. The lowest BCUT2D eigenvalue weighted by Gasteiger charge is -2.54. The fourth-order valence-electron chi connectivity index (χ4n) is 4.82. The number of hydrogen-bond donors (Lipinski definition) is 0. The van der Waals surface area contributed by atoms with Crippen molar-refractivity contribution in [2.75, 3.05) is 26.2 Å². The molecule has 2 heterocycles. The first-order valence-corrected chi connectivity index (χ1v) is 12.0. The maximum absolute atomic E-state index is 12.7. The number of amides is 1. The molecule has 0 unspecified atom stereocenters. The summed E-state index contributed by atoms with van der Waals surface area (Å²) >= 11 is 12.1. The molecule has 33 heavy (non-hydrogen) atoms. The standard InChI is InChI=1S/C27H26Cl2N2O2/c28-22-10-8-20(9-11-22)26(32)31-18-27(19-31)12-14-30(15-13-27)17-21-4-1-2-7-25(21)33-24-6-3-5-23(29)16-24/h1-11,16H,12-15,17-19H2. The van der Waals surface area contributed by atoms with Gasteiger partial charge in [0, 0.05) is 46.2 Å². The summed E-state index contributed by atoms with van der Waals surface area (Å²) in [6, 6.07) is 22.8. The van der Waals surface area contributed by atoms with E-state index in [1.807, 2.05) is 41.3 Å². The van der Waals surface area contributed by atoms with E-state index in [4.69, 9.17) is 27.9 Å². The number of rotatable bonds is 5. The van der Waals surface area contributed by atoms with Crippen LogP contribution in [0.15, 0.2) is 72.8 Å². The molecule has 1 spiro atoms. The Morgan fingerprint density at radius 1 is 0.879 bits per heavy atom. The Bertz CT molecular complexity index is 1130. The van der Waals surface area contributed by atoms with Crippen molar-refractivity contribution in [1.29, 1.82) is 0 Å². The molecule has 0 bridgehead atoms. The van der Waals surface area contributed by atoms with E-state index in [1.54, 1.807) is 24.3 Å². The lowest BCUT2D eigenvalue weighted by atomic mass is 9.71. The van der Waals surface area contributed by atoms with Gasteiger partial charge in [0.25, 0.3) is 5.91 Å². The van der Waals surface area contributed by atoms with E-state index >= 15 is 0 Å². The van der Waals surface area contributed by atoms with Crippen molar-refractivity contribution in [2.24, 2.45) is 5.41 Å². The van der Waals surface area contributed by atoms with Crippen LogP contribution >= 0.6 is 23.2 Å². The van der Waals surface area contributed by atoms with Crippen molar-refractivity contribution in [3.8, 4) is 11.5 Å². The van der Waals surface area contributed by atoms with Crippen LogP contribution < -0.4 is 4.74 Å². The van der Waals surface area contributed by atoms with Gasteiger partial charge in [0.2, 0.25) is 0 Å². The third-order valence-electron chi connectivity index (χ3n) is 6.74. The molecular weight excluding hydrogens is 455 g/mol. The Morgan fingerprint density at radius 2 is 1.61 bits per heavy atom. The Hall–Kier alpha value is -2.53. The highest BCUT2D eigenvalue weighted by Crippen LogP contribution is 2.41. The predicted molar refractivity (Wildman–Crippen MR) is 132 cm³/mol. The largest absolute Gasteiger partial charge is 0.457 e. The summed E-state index contributed by atoms with van der Waals surface area (Å²) in [5, 5.41) is 1.31. The Morgan fingerprint density at radius 3 is 2.33 bits per heavy atom. The van der Waals surface area contributed by atoms with Crippen molar-refractivity contribution in [3.05, 3.63) is 94.0 Å². The first kappa shape index (κ1) is 22.3. The normalized spacial score (nSPS) is 17.6. The summed E-state index contributed by atoms with van der Waals surface area (Å²) in [5.74, 6) is 1.71. The number of halogens is 2. The summed E-state index contributed by atoms with van der Waals surface area (Å²) in [6.45, 7) is 4.58. The maximum atomic E-state index is 12.7. The zero-order valence-corrected chi connectivity index (χ0v) is 19.9. The number of nitrogens with zero attached hydrogens (tertiary/aromatic N) is 2. The molecule has 5 rings (SSSR count). The average Bonchev–Trinajstić information content (AvgIpc) is 2.80. The van der Waals surface area contributed by atoms with Gasteiger partial charge < -0.3 is 9.64 Å². The van der Waals surface area contributed by atoms with Gasteiger partial charge in [-0.3, -0.25) is 9.69 Å². The lowest BCUT2D eigenvalue weighted by molar-refractivity contribution is -0.0336. The average molecular weight is 481 g/mol. The van der Waals surface area contributed by atoms with Crippen LogP contribution in [-0.4, -0.2) is 41.9 Å². The number of carbonyl (C=O) groups is 1. The van der Waals surface area contributed by atoms with Crippen LogP contribution in [0.25, 0.3) is 0 Å². The molecule has 0 saturated carbocycles. The molecule has 6 heteroatoms. The van der Waals surface area contributed by atoms with Gasteiger partial charge in [-0.2, -0.15) is 0 Å². The van der Waals surface area contributed by atoms with Crippen molar-refractivity contribution in [1.82, 2.24) is 9.80 Å². The van der Waals surface area contributed by atoms with E-state index in [2.05, 4.69) is 17.0 Å². The number of benzene rings is 3. The molecule has 2 fully saturated rings. The number of ether oxygens (including phenoxy) is 1. The fraction of sp³-hybridized carbons (Fsp3) is 0.296. The van der Waals surface area contributed by atoms with Gasteiger partial charge in [-0.1, -0.05) is 47.5 Å². The molecule has 0 aliphatic carbocycles. The van der Waals surface area contributed by atoms with Crippen LogP contribution in [0, 0.1) is 5.41 Å². The summed E-state index contributed by atoms with van der Waals surface area (Å²) in [4.78, 5) is 17.2. The van der Waals surface area contributed by atoms with Crippen LogP contribution in [0.3, 0.4) is 0 Å². The van der Waals surface area contributed by atoms with Gasteiger partial charge in [0.15, 0.2) is 0 Å². The highest BCUT2D eigenvalue weighted by Gasteiger charge is 2.46. The maximum Gasteiger partial charge on any atom is 0.253 e. The minimum absolute atomic E-state index is 0.104. The summed E-state index contributed by atoms with van der Waals surface area (Å²) in [7, 11) is 0. The summed E-state index contributed by atoms with van der Waals surface area (Å²) in [5.41, 5.74) is 2.14.